The van der Waals surface area contributed by atoms with Gasteiger partial charge in [-0.05, 0) is 30.5 Å². The number of anilines is 1. The van der Waals surface area contributed by atoms with Crippen molar-refractivity contribution in [3.8, 4) is 17.6 Å². The number of rotatable bonds is 3. The van der Waals surface area contributed by atoms with Gasteiger partial charge in [-0.3, -0.25) is 4.79 Å². The maximum atomic E-state index is 12.7. The lowest BCUT2D eigenvalue weighted by atomic mass is 9.85. The highest BCUT2D eigenvalue weighted by Gasteiger charge is 2.37. The zero-order valence-corrected chi connectivity index (χ0v) is 14.6. The van der Waals surface area contributed by atoms with E-state index >= 15 is 0 Å². The minimum absolute atomic E-state index is 0.109. The first-order chi connectivity index (χ1) is 12.7. The summed E-state index contributed by atoms with van der Waals surface area (Å²) in [6, 6.07) is 7.35. The molecule has 7 nitrogen and oxygen atoms in total. The molecule has 7 heteroatoms. The number of carbonyl (C=O) groups excluding carboxylic acids is 1. The molecule has 1 aliphatic carbocycles. The molecule has 4 rings (SSSR count). The van der Waals surface area contributed by atoms with Crippen LogP contribution in [0.1, 0.15) is 36.4 Å². The van der Waals surface area contributed by atoms with Gasteiger partial charge < -0.3 is 14.8 Å². The molecule has 2 heterocycles. The maximum absolute atomic E-state index is 12.7. The minimum atomic E-state index is -0.393. The van der Waals surface area contributed by atoms with Crippen LogP contribution >= 0.6 is 0 Å². The summed E-state index contributed by atoms with van der Waals surface area (Å²) < 4.78 is 12.4. The van der Waals surface area contributed by atoms with E-state index in [1.165, 1.54) is 6.20 Å². The van der Waals surface area contributed by atoms with Crippen LogP contribution in [0.4, 0.5) is 5.82 Å². The van der Waals surface area contributed by atoms with Crippen LogP contribution in [0.3, 0.4) is 0 Å². The molecule has 1 atom stereocenters. The number of ketones is 1. The van der Waals surface area contributed by atoms with Crippen LogP contribution in [-0.4, -0.2) is 29.8 Å². The number of benzene rings is 1. The van der Waals surface area contributed by atoms with Gasteiger partial charge in [0.05, 0.1) is 20.4 Å². The number of Topliss-reactive ketones (excluding diaryl/α,β-unsaturated/α-hetero) is 1. The molecule has 0 bridgehead atoms. The summed E-state index contributed by atoms with van der Waals surface area (Å²) in [5.74, 6) is 1.94. The van der Waals surface area contributed by atoms with Gasteiger partial charge in [0.2, 0.25) is 0 Å². The first kappa shape index (κ1) is 16.2. The van der Waals surface area contributed by atoms with Gasteiger partial charge in [-0.15, -0.1) is 0 Å². The van der Waals surface area contributed by atoms with Gasteiger partial charge >= 0.3 is 0 Å². The van der Waals surface area contributed by atoms with Crippen LogP contribution in [0.5, 0.6) is 11.5 Å². The van der Waals surface area contributed by atoms with Gasteiger partial charge in [0.25, 0.3) is 0 Å². The number of ether oxygens (including phenoxy) is 2. The van der Waals surface area contributed by atoms with Crippen molar-refractivity contribution in [1.29, 1.82) is 5.26 Å². The molecule has 0 amide bonds. The summed E-state index contributed by atoms with van der Waals surface area (Å²) in [7, 11) is 3.16. The van der Waals surface area contributed by atoms with Gasteiger partial charge in [-0.1, -0.05) is 6.07 Å². The fourth-order valence-electron chi connectivity index (χ4n) is 3.67. The summed E-state index contributed by atoms with van der Waals surface area (Å²) in [5.41, 5.74) is 2.91. The monoisotopic (exact) mass is 350 g/mol. The van der Waals surface area contributed by atoms with Gasteiger partial charge in [0, 0.05) is 17.7 Å². The van der Waals surface area contributed by atoms with E-state index in [1.54, 1.807) is 18.9 Å². The van der Waals surface area contributed by atoms with Crippen LogP contribution in [0.25, 0.3) is 0 Å². The number of allylic oxidation sites excluding steroid dienone is 2. The van der Waals surface area contributed by atoms with Crippen molar-refractivity contribution in [2.45, 2.75) is 25.3 Å². The Bertz CT molecular complexity index is 968. The second kappa shape index (κ2) is 6.23. The highest BCUT2D eigenvalue weighted by atomic mass is 16.5. The van der Waals surface area contributed by atoms with E-state index in [9.17, 15) is 10.1 Å². The summed E-state index contributed by atoms with van der Waals surface area (Å²) in [6.45, 7) is 0. The van der Waals surface area contributed by atoms with E-state index in [-0.39, 0.29) is 5.78 Å². The Morgan fingerprint density at radius 2 is 2.08 bits per heavy atom. The Labute approximate surface area is 150 Å². The fraction of sp³-hybridized carbons (Fsp3) is 0.316. The Morgan fingerprint density at radius 1 is 1.27 bits per heavy atom. The molecule has 0 saturated heterocycles. The molecule has 0 spiro atoms. The number of hydrogen-bond donors (Lipinski definition) is 1. The third kappa shape index (κ3) is 2.34. The standard InChI is InChI=1S/C19H18N4O3/c1-25-15-7-6-11(8-16(15)26-2)18-17-13(4-3-5-14(17)24)22-19-12(9-20)10-21-23(18)19/h6-8,10,18,22H,3-5H2,1-2H3/t18-/m1/s1. The number of aromatic nitrogens is 2. The van der Waals surface area contributed by atoms with Crippen molar-refractivity contribution < 1.29 is 14.3 Å². The van der Waals surface area contributed by atoms with E-state index in [4.69, 9.17) is 9.47 Å². The highest BCUT2D eigenvalue weighted by Crippen LogP contribution is 2.43. The fourth-order valence-corrected chi connectivity index (χ4v) is 3.67. The zero-order chi connectivity index (χ0) is 18.3. The predicted octanol–water partition coefficient (Wildman–Crippen LogP) is 2.79. The number of nitriles is 1. The highest BCUT2D eigenvalue weighted by molar-refractivity contribution is 5.99. The molecule has 132 valence electrons. The largest absolute Gasteiger partial charge is 0.493 e. The summed E-state index contributed by atoms with van der Waals surface area (Å²) in [5, 5.41) is 17.0. The van der Waals surface area contributed by atoms with E-state index in [2.05, 4.69) is 16.5 Å². The molecule has 1 aromatic carbocycles. The van der Waals surface area contributed by atoms with Crippen molar-refractivity contribution in [3.05, 3.63) is 46.8 Å². The molecule has 0 fully saturated rings. The summed E-state index contributed by atoms with van der Waals surface area (Å²) in [6.07, 6.45) is 3.63. The van der Waals surface area contributed by atoms with Gasteiger partial charge in [-0.25, -0.2) is 4.68 Å². The lowest BCUT2D eigenvalue weighted by Gasteiger charge is -2.33. The Hall–Kier alpha value is -3.27. The number of fused-ring (bicyclic) bond motifs is 1. The van der Waals surface area contributed by atoms with Crippen LogP contribution in [0.15, 0.2) is 35.7 Å². The lowest BCUT2D eigenvalue weighted by molar-refractivity contribution is -0.116. The molecule has 0 unspecified atom stereocenters. The van der Waals surface area contributed by atoms with Gasteiger partial charge in [0.15, 0.2) is 17.3 Å². The molecule has 2 aliphatic rings. The number of nitrogens with zero attached hydrogens (tertiary/aromatic N) is 3. The van der Waals surface area contributed by atoms with E-state index < -0.39 is 6.04 Å². The molecule has 1 aliphatic heterocycles. The average molecular weight is 350 g/mol. The minimum Gasteiger partial charge on any atom is -0.493 e. The number of carbonyl (C=O) groups is 1. The molecule has 26 heavy (non-hydrogen) atoms. The maximum Gasteiger partial charge on any atom is 0.163 e. The second-order valence-electron chi connectivity index (χ2n) is 6.27. The van der Waals surface area contributed by atoms with Gasteiger partial charge in [-0.2, -0.15) is 10.4 Å². The van der Waals surface area contributed by atoms with Crippen molar-refractivity contribution in [2.75, 3.05) is 19.5 Å². The first-order valence-electron chi connectivity index (χ1n) is 8.40. The number of methoxy groups -OCH3 is 2. The van der Waals surface area contributed by atoms with E-state index in [0.29, 0.717) is 34.9 Å². The zero-order valence-electron chi connectivity index (χ0n) is 14.6. The molecule has 1 aromatic heterocycles. The normalized spacial score (nSPS) is 18.5. The van der Waals surface area contributed by atoms with Crippen molar-refractivity contribution >= 4 is 11.6 Å². The van der Waals surface area contributed by atoms with Crippen molar-refractivity contribution in [1.82, 2.24) is 9.78 Å². The lowest BCUT2D eigenvalue weighted by Crippen LogP contribution is -2.31. The quantitative estimate of drug-likeness (QED) is 0.915. The smallest absolute Gasteiger partial charge is 0.163 e. The van der Waals surface area contributed by atoms with Crippen LogP contribution in [0, 0.1) is 11.3 Å². The predicted molar refractivity (Wildman–Crippen MR) is 94.1 cm³/mol. The molecular formula is C19H18N4O3. The second-order valence-corrected chi connectivity index (χ2v) is 6.27. The molecule has 0 saturated carbocycles. The number of nitrogens with one attached hydrogen (secondary N) is 1. The van der Waals surface area contributed by atoms with Crippen molar-refractivity contribution in [3.63, 3.8) is 0 Å². The van der Waals surface area contributed by atoms with Crippen LogP contribution in [0.2, 0.25) is 0 Å². The Morgan fingerprint density at radius 3 is 2.81 bits per heavy atom. The topological polar surface area (TPSA) is 89.2 Å². The molecule has 2 aromatic rings. The molecule has 1 N–H and O–H groups in total. The Kier molecular flexibility index (Phi) is 3.88. The first-order valence-corrected chi connectivity index (χ1v) is 8.40. The molecular weight excluding hydrogens is 332 g/mol. The van der Waals surface area contributed by atoms with Crippen LogP contribution in [-0.2, 0) is 4.79 Å². The third-order valence-corrected chi connectivity index (χ3v) is 4.88. The number of hydrogen-bond acceptors (Lipinski definition) is 6. The van der Waals surface area contributed by atoms with E-state index in [0.717, 1.165) is 24.1 Å². The molecule has 0 radical (unpaired) electrons. The summed E-state index contributed by atoms with van der Waals surface area (Å²) >= 11 is 0. The average Bonchev–Trinajstić information content (AvgIpc) is 3.08. The van der Waals surface area contributed by atoms with Crippen LogP contribution < -0.4 is 14.8 Å². The summed E-state index contributed by atoms with van der Waals surface area (Å²) in [4.78, 5) is 12.7. The van der Waals surface area contributed by atoms with E-state index in [1.807, 2.05) is 18.2 Å². The van der Waals surface area contributed by atoms with Crippen molar-refractivity contribution in [2.24, 2.45) is 0 Å². The Balaban J connectivity index is 1.92. The van der Waals surface area contributed by atoms with Gasteiger partial charge in [0.1, 0.15) is 23.5 Å². The third-order valence-electron chi connectivity index (χ3n) is 4.88. The SMILES string of the molecule is COc1ccc([C@@H]2C3=C(CCCC3=O)Nc3c(C#N)cnn32)cc1OC.